The summed E-state index contributed by atoms with van der Waals surface area (Å²) in [7, 11) is -1.64. The van der Waals surface area contributed by atoms with Crippen LogP contribution in [0.5, 0.6) is 0 Å². The minimum Gasteiger partial charge on any atom is -0.360 e. The summed E-state index contributed by atoms with van der Waals surface area (Å²) in [6.07, 6.45) is -0.126. The van der Waals surface area contributed by atoms with E-state index in [-0.39, 0.29) is 12.0 Å². The Morgan fingerprint density at radius 2 is 1.84 bits per heavy atom. The SMILES string of the molecule is CC[C@@](C[S@](=O)C(C)(C)C)(c1ccccc1F)C(F)(F)COCC#N. The molecule has 3 nitrogen and oxygen atoms in total. The maximum atomic E-state index is 15.1. The van der Waals surface area contributed by atoms with E-state index in [4.69, 9.17) is 10.00 Å². The van der Waals surface area contributed by atoms with Crippen molar-refractivity contribution in [2.24, 2.45) is 0 Å². The number of halogens is 3. The van der Waals surface area contributed by atoms with Gasteiger partial charge in [0.05, 0.1) is 11.5 Å². The van der Waals surface area contributed by atoms with Gasteiger partial charge in [0.15, 0.2) is 0 Å². The second-order valence-corrected chi connectivity index (χ2v) is 9.08. The fourth-order valence-corrected chi connectivity index (χ4v) is 4.04. The Labute approximate surface area is 149 Å². The van der Waals surface area contributed by atoms with E-state index in [2.05, 4.69) is 0 Å². The first-order valence-electron chi connectivity index (χ1n) is 7.98. The molecule has 0 spiro atoms. The Hall–Kier alpha value is -1.39. The zero-order valence-corrected chi connectivity index (χ0v) is 15.8. The van der Waals surface area contributed by atoms with Gasteiger partial charge in [-0.3, -0.25) is 4.21 Å². The zero-order valence-electron chi connectivity index (χ0n) is 14.9. The van der Waals surface area contributed by atoms with Gasteiger partial charge in [-0.2, -0.15) is 5.26 Å². The second-order valence-electron chi connectivity index (χ2n) is 6.87. The van der Waals surface area contributed by atoms with Gasteiger partial charge in [0, 0.05) is 26.9 Å². The minimum atomic E-state index is -3.50. The van der Waals surface area contributed by atoms with E-state index >= 15 is 8.78 Å². The molecule has 0 aliphatic heterocycles. The van der Waals surface area contributed by atoms with Gasteiger partial charge >= 0.3 is 0 Å². The summed E-state index contributed by atoms with van der Waals surface area (Å²) >= 11 is 0. The molecule has 0 fully saturated rings. The Bertz CT molecular complexity index is 652. The van der Waals surface area contributed by atoms with Crippen LogP contribution in [-0.2, 0) is 21.0 Å². The van der Waals surface area contributed by atoms with Crippen molar-refractivity contribution in [1.29, 1.82) is 5.26 Å². The first kappa shape index (κ1) is 21.7. The average Bonchev–Trinajstić information content (AvgIpc) is 2.52. The first-order chi connectivity index (χ1) is 11.5. The second kappa shape index (κ2) is 8.33. The molecule has 0 N–H and O–H groups in total. The number of hydrogen-bond acceptors (Lipinski definition) is 3. The van der Waals surface area contributed by atoms with E-state index in [0.717, 1.165) is 6.07 Å². The lowest BCUT2D eigenvalue weighted by Crippen LogP contribution is -2.53. The van der Waals surface area contributed by atoms with Crippen LogP contribution in [0.4, 0.5) is 13.2 Å². The van der Waals surface area contributed by atoms with Gasteiger partial charge in [-0.25, -0.2) is 13.2 Å². The number of nitrogens with zero attached hydrogens (tertiary/aromatic N) is 1. The molecule has 140 valence electrons. The molecule has 0 radical (unpaired) electrons. The van der Waals surface area contributed by atoms with Gasteiger partial charge in [-0.05, 0) is 33.3 Å². The lowest BCUT2D eigenvalue weighted by molar-refractivity contribution is -0.124. The van der Waals surface area contributed by atoms with Gasteiger partial charge in [0.2, 0.25) is 0 Å². The van der Waals surface area contributed by atoms with E-state index < -0.39 is 51.7 Å². The molecule has 0 saturated heterocycles. The topological polar surface area (TPSA) is 50.1 Å². The molecule has 0 aliphatic carbocycles. The highest BCUT2D eigenvalue weighted by Gasteiger charge is 2.56. The normalized spacial score (nSPS) is 16.1. The van der Waals surface area contributed by atoms with Gasteiger partial charge in [-0.15, -0.1) is 0 Å². The molecular weight excluding hydrogens is 351 g/mol. The summed E-state index contributed by atoms with van der Waals surface area (Å²) in [5.41, 5.74) is -2.17. The monoisotopic (exact) mass is 375 g/mol. The maximum absolute atomic E-state index is 15.1. The maximum Gasteiger partial charge on any atom is 0.281 e. The molecule has 0 unspecified atom stereocenters. The summed E-state index contributed by atoms with van der Waals surface area (Å²) < 4.78 is 61.4. The summed E-state index contributed by atoms with van der Waals surface area (Å²) in [6.45, 7) is 5.06. The van der Waals surface area contributed by atoms with E-state index in [0.29, 0.717) is 0 Å². The van der Waals surface area contributed by atoms with Crippen LogP contribution >= 0.6 is 0 Å². The van der Waals surface area contributed by atoms with Crippen LogP contribution in [0, 0.1) is 17.1 Å². The molecule has 0 amide bonds. The lowest BCUT2D eigenvalue weighted by atomic mass is 9.74. The van der Waals surface area contributed by atoms with E-state index in [1.165, 1.54) is 25.1 Å². The predicted octanol–water partition coefficient (Wildman–Crippen LogP) is 4.20. The highest BCUT2D eigenvalue weighted by Crippen LogP contribution is 2.45. The van der Waals surface area contributed by atoms with Crippen LogP contribution in [0.2, 0.25) is 0 Å². The Morgan fingerprint density at radius 3 is 2.32 bits per heavy atom. The first-order valence-corrected chi connectivity index (χ1v) is 9.29. The molecule has 7 heteroatoms. The van der Waals surface area contributed by atoms with Crippen LogP contribution in [0.25, 0.3) is 0 Å². The smallest absolute Gasteiger partial charge is 0.281 e. The van der Waals surface area contributed by atoms with Crippen LogP contribution in [0.15, 0.2) is 24.3 Å². The van der Waals surface area contributed by atoms with Gasteiger partial charge in [-0.1, -0.05) is 25.1 Å². The van der Waals surface area contributed by atoms with E-state index in [1.807, 2.05) is 0 Å². The number of ether oxygens (including phenoxy) is 1. The largest absolute Gasteiger partial charge is 0.360 e. The molecule has 25 heavy (non-hydrogen) atoms. The number of nitriles is 1. The third-order valence-corrected chi connectivity index (χ3v) is 6.32. The van der Waals surface area contributed by atoms with Crippen molar-refractivity contribution >= 4 is 10.8 Å². The number of rotatable bonds is 8. The quantitative estimate of drug-likeness (QED) is 0.640. The number of benzene rings is 1. The van der Waals surface area contributed by atoms with Crippen molar-refractivity contribution in [1.82, 2.24) is 0 Å². The predicted molar refractivity (Wildman–Crippen MR) is 92.5 cm³/mol. The van der Waals surface area contributed by atoms with Crippen LogP contribution in [-0.4, -0.2) is 33.8 Å². The van der Waals surface area contributed by atoms with Gasteiger partial charge < -0.3 is 4.74 Å². The highest BCUT2D eigenvalue weighted by molar-refractivity contribution is 7.86. The summed E-state index contributed by atoms with van der Waals surface area (Å²) in [4.78, 5) is 0. The molecular formula is C18H24F3NO2S. The van der Waals surface area contributed by atoms with Crippen molar-refractivity contribution in [2.45, 2.75) is 50.2 Å². The molecule has 1 aromatic carbocycles. The van der Waals surface area contributed by atoms with Crippen LogP contribution < -0.4 is 0 Å². The number of alkyl halides is 2. The molecule has 0 heterocycles. The van der Waals surface area contributed by atoms with Crippen molar-refractivity contribution in [3.63, 3.8) is 0 Å². The molecule has 0 aromatic heterocycles. The van der Waals surface area contributed by atoms with E-state index in [9.17, 15) is 8.60 Å². The third kappa shape index (κ3) is 4.83. The molecule has 0 saturated carbocycles. The Kier molecular flexibility index (Phi) is 7.21. The van der Waals surface area contributed by atoms with Gasteiger partial charge in [0.1, 0.15) is 19.0 Å². The molecule has 1 aromatic rings. The minimum absolute atomic E-state index is 0.126. The zero-order chi connectivity index (χ0) is 19.3. The summed E-state index contributed by atoms with van der Waals surface area (Å²) in [5, 5.41) is 8.51. The molecule has 2 atom stereocenters. The average molecular weight is 375 g/mol. The summed E-state index contributed by atoms with van der Waals surface area (Å²) in [5.74, 6) is -4.67. The fourth-order valence-electron chi connectivity index (χ4n) is 2.58. The number of hydrogen-bond donors (Lipinski definition) is 0. The molecule has 0 aliphatic rings. The van der Waals surface area contributed by atoms with Crippen molar-refractivity contribution in [2.75, 3.05) is 19.0 Å². The molecule has 0 bridgehead atoms. The fraction of sp³-hybridized carbons (Fsp3) is 0.611. The van der Waals surface area contributed by atoms with Crippen LogP contribution in [0.3, 0.4) is 0 Å². The Morgan fingerprint density at radius 1 is 1.24 bits per heavy atom. The Balaban J connectivity index is 3.46. The third-order valence-electron chi connectivity index (χ3n) is 4.20. The van der Waals surface area contributed by atoms with E-state index in [1.54, 1.807) is 26.8 Å². The van der Waals surface area contributed by atoms with Crippen molar-refractivity contribution in [3.8, 4) is 6.07 Å². The standard InChI is InChI=1S/C18H24F3NO2S/c1-5-17(13-25(23)16(2,3)4,14-8-6-7-9-15(14)19)18(20,21)12-24-11-10-22/h6-9H,5,11-13H2,1-4H3/t17-,25+/m1/s1. The summed E-state index contributed by atoms with van der Waals surface area (Å²) in [6, 6.07) is 6.96. The molecule has 1 rings (SSSR count). The highest BCUT2D eigenvalue weighted by atomic mass is 32.2. The van der Waals surface area contributed by atoms with Gasteiger partial charge in [0.25, 0.3) is 5.92 Å². The van der Waals surface area contributed by atoms with Crippen molar-refractivity contribution < 1.29 is 22.1 Å². The van der Waals surface area contributed by atoms with Crippen LogP contribution in [0.1, 0.15) is 39.7 Å². The lowest BCUT2D eigenvalue weighted by Gasteiger charge is -2.41. The van der Waals surface area contributed by atoms with Crippen molar-refractivity contribution in [3.05, 3.63) is 35.6 Å².